The molecule has 0 N–H and O–H groups in total. The van der Waals surface area contributed by atoms with Crippen LogP contribution in [0.15, 0.2) is 50.9 Å². The van der Waals surface area contributed by atoms with Gasteiger partial charge in [0.15, 0.2) is 10.4 Å². The second kappa shape index (κ2) is 7.92. The molecule has 0 bridgehead atoms. The van der Waals surface area contributed by atoms with Gasteiger partial charge in [-0.3, -0.25) is 9.69 Å². The second-order valence-corrected chi connectivity index (χ2v) is 8.03. The first-order valence-electron chi connectivity index (χ1n) is 8.56. The average molecular weight is 450 g/mol. The number of piperazine rings is 1. The van der Waals surface area contributed by atoms with E-state index in [0.717, 1.165) is 35.9 Å². The fourth-order valence-corrected chi connectivity index (χ4v) is 4.17. The highest BCUT2D eigenvalue weighted by atomic mass is 79.9. The number of amides is 1. The maximum atomic E-state index is 13.1. The normalized spacial score (nSPS) is 15.3. The highest BCUT2D eigenvalue weighted by Crippen LogP contribution is 2.23. The molecular weight excluding hydrogens is 433 g/mol. The van der Waals surface area contributed by atoms with Crippen molar-refractivity contribution in [2.24, 2.45) is 0 Å². The maximum Gasteiger partial charge on any atom is 0.289 e. The number of benzene rings is 1. The monoisotopic (exact) mass is 449 g/mol. The molecule has 8 heteroatoms. The van der Waals surface area contributed by atoms with E-state index in [2.05, 4.69) is 25.8 Å². The van der Waals surface area contributed by atoms with Gasteiger partial charge in [0.1, 0.15) is 10.8 Å². The number of hydrogen-bond donors (Lipinski definition) is 0. The molecule has 1 aromatic carbocycles. The summed E-state index contributed by atoms with van der Waals surface area (Å²) in [7, 11) is 0. The lowest BCUT2D eigenvalue weighted by atomic mass is 10.2. The summed E-state index contributed by atoms with van der Waals surface area (Å²) in [4.78, 5) is 21.2. The van der Waals surface area contributed by atoms with E-state index in [1.54, 1.807) is 35.6 Å². The number of carbonyl (C=O) groups is 1. The lowest BCUT2D eigenvalue weighted by Crippen LogP contribution is -2.48. The van der Waals surface area contributed by atoms with Crippen LogP contribution in [-0.2, 0) is 6.54 Å². The van der Waals surface area contributed by atoms with E-state index in [-0.39, 0.29) is 11.7 Å². The van der Waals surface area contributed by atoms with Gasteiger partial charge in [-0.05, 0) is 52.3 Å². The van der Waals surface area contributed by atoms with E-state index in [0.29, 0.717) is 23.5 Å². The SMILES string of the molecule is O=C(c1ccc(Br)o1)N1CCN(Cc2nc(-c3ccc(F)cc3)cs2)CC1. The molecule has 0 spiro atoms. The molecule has 1 aliphatic heterocycles. The van der Waals surface area contributed by atoms with Crippen LogP contribution in [0, 0.1) is 5.82 Å². The van der Waals surface area contributed by atoms with Gasteiger partial charge in [0, 0.05) is 37.1 Å². The number of rotatable bonds is 4. The molecule has 1 fully saturated rings. The van der Waals surface area contributed by atoms with E-state index in [1.165, 1.54) is 12.1 Å². The van der Waals surface area contributed by atoms with Crippen molar-refractivity contribution in [2.45, 2.75) is 6.54 Å². The van der Waals surface area contributed by atoms with Gasteiger partial charge in [0.05, 0.1) is 12.2 Å². The van der Waals surface area contributed by atoms with Crippen molar-refractivity contribution < 1.29 is 13.6 Å². The molecule has 1 aliphatic rings. The van der Waals surface area contributed by atoms with Crippen molar-refractivity contribution in [3.8, 4) is 11.3 Å². The summed E-state index contributed by atoms with van der Waals surface area (Å²) >= 11 is 4.83. The van der Waals surface area contributed by atoms with Crippen LogP contribution in [0.3, 0.4) is 0 Å². The third-order valence-corrected chi connectivity index (χ3v) is 5.75. The van der Waals surface area contributed by atoms with Gasteiger partial charge in [-0.1, -0.05) is 0 Å². The van der Waals surface area contributed by atoms with Crippen LogP contribution in [0.2, 0.25) is 0 Å². The highest BCUT2D eigenvalue weighted by Gasteiger charge is 2.24. The van der Waals surface area contributed by atoms with Gasteiger partial charge in [-0.15, -0.1) is 11.3 Å². The van der Waals surface area contributed by atoms with Crippen LogP contribution in [0.1, 0.15) is 15.6 Å². The lowest BCUT2D eigenvalue weighted by Gasteiger charge is -2.33. The second-order valence-electron chi connectivity index (χ2n) is 6.31. The number of aromatic nitrogens is 1. The topological polar surface area (TPSA) is 49.6 Å². The zero-order chi connectivity index (χ0) is 18.8. The molecule has 4 rings (SSSR count). The minimum atomic E-state index is -0.247. The summed E-state index contributed by atoms with van der Waals surface area (Å²) in [5, 5.41) is 3.01. The molecule has 140 valence electrons. The maximum absolute atomic E-state index is 13.1. The van der Waals surface area contributed by atoms with Crippen molar-refractivity contribution in [3.05, 3.63) is 63.0 Å². The lowest BCUT2D eigenvalue weighted by molar-refractivity contribution is 0.0596. The summed E-state index contributed by atoms with van der Waals surface area (Å²) in [5.41, 5.74) is 1.78. The molecule has 0 atom stereocenters. The third-order valence-electron chi connectivity index (χ3n) is 4.49. The summed E-state index contributed by atoms with van der Waals surface area (Å²) in [6, 6.07) is 9.79. The molecule has 0 radical (unpaired) electrons. The van der Waals surface area contributed by atoms with Gasteiger partial charge in [0.25, 0.3) is 5.91 Å². The van der Waals surface area contributed by atoms with E-state index in [9.17, 15) is 9.18 Å². The Bertz CT molecular complexity index is 933. The first-order chi connectivity index (χ1) is 13.1. The zero-order valence-electron chi connectivity index (χ0n) is 14.4. The average Bonchev–Trinajstić information content (AvgIpc) is 3.32. The van der Waals surface area contributed by atoms with Crippen molar-refractivity contribution in [1.29, 1.82) is 0 Å². The molecule has 27 heavy (non-hydrogen) atoms. The molecule has 1 amide bonds. The minimum Gasteiger partial charge on any atom is -0.444 e. The number of hydrogen-bond acceptors (Lipinski definition) is 5. The van der Waals surface area contributed by atoms with Crippen LogP contribution >= 0.6 is 27.3 Å². The fourth-order valence-electron chi connectivity index (χ4n) is 3.02. The molecule has 0 aliphatic carbocycles. The summed E-state index contributed by atoms with van der Waals surface area (Å²) in [6.07, 6.45) is 0. The number of thiazole rings is 1. The highest BCUT2D eigenvalue weighted by molar-refractivity contribution is 9.10. The molecule has 3 aromatic rings. The molecule has 0 saturated carbocycles. The Hall–Kier alpha value is -2.03. The van der Waals surface area contributed by atoms with Crippen molar-refractivity contribution in [2.75, 3.05) is 26.2 Å². The fraction of sp³-hybridized carbons (Fsp3) is 0.263. The molecule has 5 nitrogen and oxygen atoms in total. The zero-order valence-corrected chi connectivity index (χ0v) is 16.8. The van der Waals surface area contributed by atoms with Crippen molar-refractivity contribution in [3.63, 3.8) is 0 Å². The number of carbonyl (C=O) groups excluding carboxylic acids is 1. The van der Waals surface area contributed by atoms with Gasteiger partial charge in [0.2, 0.25) is 0 Å². The Labute approximate surface area is 168 Å². The van der Waals surface area contributed by atoms with E-state index >= 15 is 0 Å². The van der Waals surface area contributed by atoms with Crippen LogP contribution in [-0.4, -0.2) is 46.9 Å². The van der Waals surface area contributed by atoms with Gasteiger partial charge >= 0.3 is 0 Å². The Kier molecular flexibility index (Phi) is 5.38. The van der Waals surface area contributed by atoms with E-state index in [1.807, 2.05) is 10.3 Å². The Morgan fingerprint density at radius 3 is 2.56 bits per heavy atom. The Balaban J connectivity index is 1.33. The number of halogens is 2. The molecule has 3 heterocycles. The Morgan fingerprint density at radius 1 is 1.15 bits per heavy atom. The van der Waals surface area contributed by atoms with E-state index in [4.69, 9.17) is 4.42 Å². The smallest absolute Gasteiger partial charge is 0.289 e. The van der Waals surface area contributed by atoms with Crippen LogP contribution in [0.5, 0.6) is 0 Å². The van der Waals surface area contributed by atoms with Crippen LogP contribution in [0.4, 0.5) is 4.39 Å². The van der Waals surface area contributed by atoms with Gasteiger partial charge in [-0.25, -0.2) is 9.37 Å². The van der Waals surface area contributed by atoms with E-state index < -0.39 is 0 Å². The minimum absolute atomic E-state index is 0.0757. The van der Waals surface area contributed by atoms with Crippen LogP contribution in [0.25, 0.3) is 11.3 Å². The molecule has 2 aromatic heterocycles. The predicted molar refractivity (Wildman–Crippen MR) is 105 cm³/mol. The molecule has 0 unspecified atom stereocenters. The first-order valence-corrected chi connectivity index (χ1v) is 10.2. The quantitative estimate of drug-likeness (QED) is 0.596. The van der Waals surface area contributed by atoms with Crippen molar-refractivity contribution >= 4 is 33.2 Å². The third kappa shape index (κ3) is 4.28. The van der Waals surface area contributed by atoms with Crippen molar-refractivity contribution in [1.82, 2.24) is 14.8 Å². The largest absolute Gasteiger partial charge is 0.444 e. The van der Waals surface area contributed by atoms with Gasteiger partial charge in [-0.2, -0.15) is 0 Å². The standard InChI is InChI=1S/C19H17BrFN3O2S/c20-17-6-5-16(26-17)19(25)24-9-7-23(8-10-24)11-18-22-15(12-27-18)13-1-3-14(21)4-2-13/h1-6,12H,7-11H2. The van der Waals surface area contributed by atoms with Gasteiger partial charge < -0.3 is 9.32 Å². The molecular formula is C19H17BrFN3O2S. The number of furan rings is 1. The predicted octanol–water partition coefficient (Wildman–Crippen LogP) is 4.26. The first kappa shape index (κ1) is 18.3. The van der Waals surface area contributed by atoms with Crippen LogP contribution < -0.4 is 0 Å². The summed E-state index contributed by atoms with van der Waals surface area (Å²) in [5.74, 6) is 0.0379. The molecule has 1 saturated heterocycles. The summed E-state index contributed by atoms with van der Waals surface area (Å²) < 4.78 is 19.0. The summed E-state index contributed by atoms with van der Waals surface area (Å²) in [6.45, 7) is 3.65. The number of nitrogens with zero attached hydrogens (tertiary/aromatic N) is 3. The Morgan fingerprint density at radius 2 is 1.89 bits per heavy atom.